The molecule has 0 bridgehead atoms. The molecule has 0 aromatic carbocycles. The van der Waals surface area contributed by atoms with Crippen molar-refractivity contribution in [2.75, 3.05) is 19.1 Å². The van der Waals surface area contributed by atoms with Gasteiger partial charge in [0.15, 0.2) is 0 Å². The Bertz CT molecular complexity index is 338. The highest BCUT2D eigenvalue weighted by Gasteiger charge is 2.16. The summed E-state index contributed by atoms with van der Waals surface area (Å²) in [7, 11) is 3.20. The molecule has 0 aliphatic carbocycles. The molecule has 0 spiro atoms. The summed E-state index contributed by atoms with van der Waals surface area (Å²) in [5.74, 6) is 0.349. The van der Waals surface area contributed by atoms with Crippen LogP contribution in [0.4, 0.5) is 5.69 Å². The van der Waals surface area contributed by atoms with E-state index in [1.807, 2.05) is 0 Å². The van der Waals surface area contributed by atoms with E-state index in [4.69, 9.17) is 16.3 Å². The number of aromatic nitrogens is 1. The molecular weight excluding hydrogens is 216 g/mol. The third-order valence-corrected chi connectivity index (χ3v) is 2.17. The fourth-order valence-electron chi connectivity index (χ4n) is 1.09. The Morgan fingerprint density at radius 3 is 2.67 bits per heavy atom. The monoisotopic (exact) mass is 228 g/mol. The topological polar surface area (TPSA) is 42.4 Å². The standard InChI is InChI=1S/C10H13ClN2O2/c1-7(11)10(14)13(2)8-4-5-9(15-3)12-6-8/h4-7H,1-3H3. The van der Waals surface area contributed by atoms with Gasteiger partial charge in [-0.2, -0.15) is 0 Å². The number of nitrogens with zero attached hydrogens (tertiary/aromatic N) is 2. The van der Waals surface area contributed by atoms with Crippen molar-refractivity contribution < 1.29 is 9.53 Å². The van der Waals surface area contributed by atoms with E-state index in [-0.39, 0.29) is 5.91 Å². The highest BCUT2D eigenvalue weighted by molar-refractivity contribution is 6.32. The number of pyridine rings is 1. The van der Waals surface area contributed by atoms with Gasteiger partial charge in [0.1, 0.15) is 5.38 Å². The van der Waals surface area contributed by atoms with Gasteiger partial charge in [-0.1, -0.05) is 0 Å². The molecule has 0 N–H and O–H groups in total. The van der Waals surface area contributed by atoms with Crippen molar-refractivity contribution >= 4 is 23.2 Å². The number of hydrogen-bond acceptors (Lipinski definition) is 3. The summed E-state index contributed by atoms with van der Waals surface area (Å²) in [6, 6.07) is 3.45. The lowest BCUT2D eigenvalue weighted by Gasteiger charge is -2.18. The van der Waals surface area contributed by atoms with Crippen LogP contribution in [0.2, 0.25) is 0 Å². The third kappa shape index (κ3) is 2.83. The van der Waals surface area contributed by atoms with E-state index < -0.39 is 5.38 Å². The van der Waals surface area contributed by atoms with Gasteiger partial charge in [-0.15, -0.1) is 11.6 Å². The lowest BCUT2D eigenvalue weighted by molar-refractivity contribution is -0.117. The van der Waals surface area contributed by atoms with E-state index in [0.717, 1.165) is 0 Å². The zero-order chi connectivity index (χ0) is 11.4. The van der Waals surface area contributed by atoms with Crippen LogP contribution in [0.3, 0.4) is 0 Å². The fraction of sp³-hybridized carbons (Fsp3) is 0.400. The van der Waals surface area contributed by atoms with Crippen molar-refractivity contribution in [3.63, 3.8) is 0 Å². The van der Waals surface area contributed by atoms with Gasteiger partial charge in [-0.25, -0.2) is 4.98 Å². The van der Waals surface area contributed by atoms with E-state index in [1.165, 1.54) is 12.0 Å². The highest BCUT2D eigenvalue weighted by atomic mass is 35.5. The minimum Gasteiger partial charge on any atom is -0.481 e. The molecule has 82 valence electrons. The van der Waals surface area contributed by atoms with E-state index >= 15 is 0 Å². The Balaban J connectivity index is 2.82. The number of hydrogen-bond donors (Lipinski definition) is 0. The number of ether oxygens (including phenoxy) is 1. The van der Waals surface area contributed by atoms with Crippen LogP contribution >= 0.6 is 11.6 Å². The van der Waals surface area contributed by atoms with Crippen LogP contribution in [0, 0.1) is 0 Å². The zero-order valence-corrected chi connectivity index (χ0v) is 9.65. The largest absolute Gasteiger partial charge is 0.481 e. The molecule has 0 aliphatic heterocycles. The average Bonchev–Trinajstić information content (AvgIpc) is 2.27. The summed E-state index contributed by atoms with van der Waals surface area (Å²) in [4.78, 5) is 17.0. The lowest BCUT2D eigenvalue weighted by atomic mass is 10.3. The van der Waals surface area contributed by atoms with Gasteiger partial charge in [-0.05, 0) is 13.0 Å². The second kappa shape index (κ2) is 4.98. The van der Waals surface area contributed by atoms with Crippen LogP contribution in [0.15, 0.2) is 18.3 Å². The van der Waals surface area contributed by atoms with Gasteiger partial charge in [0.25, 0.3) is 0 Å². The summed E-state index contributed by atoms with van der Waals surface area (Å²) in [6.07, 6.45) is 1.57. The predicted octanol–water partition coefficient (Wildman–Crippen LogP) is 1.68. The minimum absolute atomic E-state index is 0.163. The SMILES string of the molecule is COc1ccc(N(C)C(=O)C(C)Cl)cn1. The van der Waals surface area contributed by atoms with E-state index in [0.29, 0.717) is 11.6 Å². The summed E-state index contributed by atoms with van der Waals surface area (Å²) in [5, 5.41) is -0.544. The quantitative estimate of drug-likeness (QED) is 0.740. The molecule has 5 heteroatoms. The maximum absolute atomic E-state index is 11.5. The Hall–Kier alpha value is -1.29. The lowest BCUT2D eigenvalue weighted by Crippen LogP contribution is -2.32. The second-order valence-electron chi connectivity index (χ2n) is 3.07. The molecule has 1 aromatic rings. The number of amides is 1. The fourth-order valence-corrected chi connectivity index (χ4v) is 1.23. The van der Waals surface area contributed by atoms with Crippen molar-refractivity contribution in [3.05, 3.63) is 18.3 Å². The first-order valence-electron chi connectivity index (χ1n) is 4.48. The third-order valence-electron chi connectivity index (χ3n) is 1.99. The molecule has 15 heavy (non-hydrogen) atoms. The molecule has 1 aromatic heterocycles. The van der Waals surface area contributed by atoms with E-state index in [1.54, 1.807) is 32.3 Å². The first-order chi connectivity index (χ1) is 7.06. The van der Waals surface area contributed by atoms with Crippen LogP contribution in [0.5, 0.6) is 5.88 Å². The molecular formula is C10H13ClN2O2. The van der Waals surface area contributed by atoms with Crippen molar-refractivity contribution in [1.29, 1.82) is 0 Å². The number of methoxy groups -OCH3 is 1. The van der Waals surface area contributed by atoms with Crippen molar-refractivity contribution in [2.45, 2.75) is 12.3 Å². The smallest absolute Gasteiger partial charge is 0.244 e. The van der Waals surface area contributed by atoms with Gasteiger partial charge in [0.05, 0.1) is 19.0 Å². The molecule has 0 saturated carbocycles. The number of rotatable bonds is 3. The first kappa shape index (κ1) is 11.8. The number of halogens is 1. The van der Waals surface area contributed by atoms with Crippen LogP contribution in [-0.2, 0) is 4.79 Å². The van der Waals surface area contributed by atoms with Crippen molar-refractivity contribution in [3.8, 4) is 5.88 Å². The van der Waals surface area contributed by atoms with Crippen molar-refractivity contribution in [1.82, 2.24) is 4.98 Å². The molecule has 0 aliphatic rings. The predicted molar refractivity (Wildman–Crippen MR) is 59.5 cm³/mol. The highest BCUT2D eigenvalue weighted by Crippen LogP contribution is 2.16. The molecule has 1 rings (SSSR count). The Kier molecular flexibility index (Phi) is 3.91. The average molecular weight is 229 g/mol. The summed E-state index contributed by atoms with van der Waals surface area (Å²) in [5.41, 5.74) is 0.688. The number of carbonyl (C=O) groups is 1. The van der Waals surface area contributed by atoms with Gasteiger partial charge in [0, 0.05) is 13.1 Å². The van der Waals surface area contributed by atoms with Crippen LogP contribution < -0.4 is 9.64 Å². The zero-order valence-electron chi connectivity index (χ0n) is 8.90. The summed E-state index contributed by atoms with van der Waals surface area (Å²) >= 11 is 5.70. The van der Waals surface area contributed by atoms with E-state index in [9.17, 15) is 4.79 Å². The second-order valence-corrected chi connectivity index (χ2v) is 3.73. The first-order valence-corrected chi connectivity index (χ1v) is 4.91. The van der Waals surface area contributed by atoms with Gasteiger partial charge in [-0.3, -0.25) is 4.79 Å². The van der Waals surface area contributed by atoms with Crippen molar-refractivity contribution in [2.24, 2.45) is 0 Å². The number of alkyl halides is 1. The van der Waals surface area contributed by atoms with Gasteiger partial charge >= 0.3 is 0 Å². The van der Waals surface area contributed by atoms with Gasteiger partial charge in [0.2, 0.25) is 11.8 Å². The summed E-state index contributed by atoms with van der Waals surface area (Å²) in [6.45, 7) is 1.64. The Labute approximate surface area is 93.8 Å². The number of anilines is 1. The maximum Gasteiger partial charge on any atom is 0.244 e. The van der Waals surface area contributed by atoms with E-state index in [2.05, 4.69) is 4.98 Å². The molecule has 4 nitrogen and oxygen atoms in total. The molecule has 1 atom stereocenters. The minimum atomic E-state index is -0.544. The number of carbonyl (C=O) groups excluding carboxylic acids is 1. The molecule has 0 saturated heterocycles. The molecule has 1 heterocycles. The molecule has 1 unspecified atom stereocenters. The molecule has 1 amide bonds. The Morgan fingerprint density at radius 2 is 2.27 bits per heavy atom. The summed E-state index contributed by atoms with van der Waals surface area (Å²) < 4.78 is 4.92. The molecule has 0 fully saturated rings. The molecule has 0 radical (unpaired) electrons. The normalized spacial score (nSPS) is 12.0. The van der Waals surface area contributed by atoms with Gasteiger partial charge < -0.3 is 9.64 Å². The van der Waals surface area contributed by atoms with Crippen LogP contribution in [-0.4, -0.2) is 30.4 Å². The van der Waals surface area contributed by atoms with Crippen LogP contribution in [0.25, 0.3) is 0 Å². The maximum atomic E-state index is 11.5. The van der Waals surface area contributed by atoms with Crippen LogP contribution in [0.1, 0.15) is 6.92 Å². The Morgan fingerprint density at radius 1 is 1.60 bits per heavy atom.